The predicted molar refractivity (Wildman–Crippen MR) is 173 cm³/mol. The fourth-order valence-electron chi connectivity index (χ4n) is 4.90. The minimum Gasteiger partial charge on any atom is -0.368 e. The molecule has 0 radical (unpaired) electrons. The minimum absolute atomic E-state index is 0.194. The molecule has 3 aromatic carbocycles. The third-order valence-corrected chi connectivity index (χ3v) is 8.32. The van der Waals surface area contributed by atoms with Gasteiger partial charge >= 0.3 is 12.2 Å². The lowest BCUT2D eigenvalue weighted by Crippen LogP contribution is -2.26. The van der Waals surface area contributed by atoms with Crippen molar-refractivity contribution in [2.24, 2.45) is 5.14 Å². The highest BCUT2D eigenvalue weighted by atomic mass is 32.2. The van der Waals surface area contributed by atoms with E-state index in [4.69, 9.17) is 5.14 Å². The Bertz CT molecular complexity index is 1880. The number of halogens is 5. The largest absolute Gasteiger partial charge is 0.416 e. The van der Waals surface area contributed by atoms with Gasteiger partial charge in [-0.05, 0) is 85.9 Å². The maximum atomic E-state index is 15.2. The molecule has 1 aliphatic rings. The van der Waals surface area contributed by atoms with Crippen LogP contribution in [0.5, 0.6) is 0 Å². The number of hydrogen-bond acceptors (Lipinski definition) is 7. The maximum absolute atomic E-state index is 15.2. The molecule has 1 aliphatic heterocycles. The number of anilines is 5. The third kappa shape index (κ3) is 8.72. The summed E-state index contributed by atoms with van der Waals surface area (Å²) in [5.74, 6) is 2.11. The molecule has 2 amide bonds. The standard InChI is InChI=1S/C31H31F5N8O2S/c1-47(37,46)22-6-4-5-21(17-22)40-29-39-18-23(28(43-29)38-11-14-44-12-2-3-13-44)19-7-10-26(25(33)15-19)41-30(45)42-27-16-20(31(34,35)36)8-9-24(27)32/h4-10,15-18H,1-3,11-14H2,(H2,37,46)(H2,41,42,45)(H2,38,39,40,43). The Balaban J connectivity index is 1.36. The molecule has 47 heavy (non-hydrogen) atoms. The van der Waals surface area contributed by atoms with Gasteiger partial charge in [0, 0.05) is 35.4 Å². The van der Waals surface area contributed by atoms with Crippen molar-refractivity contribution in [1.82, 2.24) is 14.9 Å². The van der Waals surface area contributed by atoms with E-state index >= 15 is 4.39 Å². The first-order valence-corrected chi connectivity index (χ1v) is 16.2. The molecule has 1 unspecified atom stereocenters. The van der Waals surface area contributed by atoms with E-state index < -0.39 is 44.8 Å². The van der Waals surface area contributed by atoms with E-state index in [9.17, 15) is 26.6 Å². The van der Waals surface area contributed by atoms with Gasteiger partial charge in [0.15, 0.2) is 0 Å². The first-order valence-electron chi connectivity index (χ1n) is 14.4. The predicted octanol–water partition coefficient (Wildman–Crippen LogP) is 6.28. The van der Waals surface area contributed by atoms with Crippen LogP contribution < -0.4 is 26.4 Å². The SMILES string of the molecule is C=S(N)(=O)c1cccc(Nc2ncc(-c3ccc(NC(=O)Nc4cc(C(F)(F)F)ccc4F)c(F)c3)c(NCCN3CCCC3)n2)c1. The van der Waals surface area contributed by atoms with Crippen molar-refractivity contribution in [3.05, 3.63) is 84.1 Å². The molecule has 16 heteroatoms. The summed E-state index contributed by atoms with van der Waals surface area (Å²) in [5, 5.41) is 16.2. The van der Waals surface area contributed by atoms with Gasteiger partial charge in [0.25, 0.3) is 0 Å². The highest BCUT2D eigenvalue weighted by molar-refractivity contribution is 7.98. The number of carbonyl (C=O) groups is 1. The van der Waals surface area contributed by atoms with Crippen LogP contribution in [0.4, 0.5) is 55.6 Å². The Morgan fingerprint density at radius 1 is 0.979 bits per heavy atom. The molecule has 0 aliphatic carbocycles. The van der Waals surface area contributed by atoms with Crippen molar-refractivity contribution in [2.75, 3.05) is 47.4 Å². The fourth-order valence-corrected chi connectivity index (χ4v) is 5.54. The van der Waals surface area contributed by atoms with Gasteiger partial charge in [-0.25, -0.2) is 22.8 Å². The number of carbonyl (C=O) groups excluding carboxylic acids is 1. The van der Waals surface area contributed by atoms with Gasteiger partial charge in [-0.1, -0.05) is 12.1 Å². The lowest BCUT2D eigenvalue weighted by atomic mass is 10.1. The highest BCUT2D eigenvalue weighted by Gasteiger charge is 2.31. The Kier molecular flexibility index (Phi) is 9.93. The van der Waals surface area contributed by atoms with Crippen molar-refractivity contribution in [1.29, 1.82) is 0 Å². The number of nitrogens with one attached hydrogen (secondary N) is 4. The van der Waals surface area contributed by atoms with Crippen LogP contribution in [0.2, 0.25) is 0 Å². The normalized spacial score (nSPS) is 14.8. The second-order valence-electron chi connectivity index (χ2n) is 10.8. The molecule has 10 nitrogen and oxygen atoms in total. The molecule has 1 fully saturated rings. The van der Waals surface area contributed by atoms with Gasteiger partial charge in [-0.2, -0.15) is 18.2 Å². The summed E-state index contributed by atoms with van der Waals surface area (Å²) < 4.78 is 80.6. The maximum Gasteiger partial charge on any atom is 0.416 e. The van der Waals surface area contributed by atoms with Crippen molar-refractivity contribution in [3.63, 3.8) is 0 Å². The van der Waals surface area contributed by atoms with Gasteiger partial charge in [0.05, 0.1) is 26.6 Å². The summed E-state index contributed by atoms with van der Waals surface area (Å²) in [6, 6.07) is 10.8. The molecule has 2 heterocycles. The smallest absolute Gasteiger partial charge is 0.368 e. The molecule has 0 spiro atoms. The van der Waals surface area contributed by atoms with Gasteiger partial charge in [-0.15, -0.1) is 0 Å². The molecule has 1 aromatic heterocycles. The van der Waals surface area contributed by atoms with Gasteiger partial charge in [0.2, 0.25) is 5.95 Å². The van der Waals surface area contributed by atoms with Gasteiger partial charge in [-0.3, -0.25) is 5.14 Å². The van der Waals surface area contributed by atoms with Crippen molar-refractivity contribution in [3.8, 4) is 11.1 Å². The van der Waals surface area contributed by atoms with Crippen LogP contribution in [0.25, 0.3) is 11.1 Å². The van der Waals surface area contributed by atoms with Crippen LogP contribution in [0.3, 0.4) is 0 Å². The summed E-state index contributed by atoms with van der Waals surface area (Å²) in [7, 11) is -2.95. The number of alkyl halides is 3. The number of nitrogens with two attached hydrogens (primary N) is 1. The quantitative estimate of drug-likeness (QED) is 0.0986. The zero-order chi connectivity index (χ0) is 33.8. The average Bonchev–Trinajstić information content (AvgIpc) is 3.52. The molecule has 0 saturated carbocycles. The molecule has 5 rings (SSSR count). The zero-order valence-electron chi connectivity index (χ0n) is 24.8. The first-order chi connectivity index (χ1) is 22.3. The Morgan fingerprint density at radius 3 is 2.43 bits per heavy atom. The number of nitrogens with zero attached hydrogens (tertiary/aromatic N) is 3. The topological polar surface area (TPSA) is 137 Å². The van der Waals surface area contributed by atoms with Crippen molar-refractivity contribution < 1.29 is 31.0 Å². The van der Waals surface area contributed by atoms with E-state index in [0.29, 0.717) is 52.3 Å². The van der Waals surface area contributed by atoms with Gasteiger partial charge in [0.1, 0.15) is 17.5 Å². The Morgan fingerprint density at radius 2 is 1.72 bits per heavy atom. The van der Waals surface area contributed by atoms with Crippen LogP contribution in [0, 0.1) is 11.6 Å². The van der Waals surface area contributed by atoms with Crippen molar-refractivity contribution >= 4 is 50.4 Å². The molecule has 248 valence electrons. The zero-order valence-corrected chi connectivity index (χ0v) is 25.7. The number of amides is 2. The molecular formula is C31H31F5N8O2S. The number of rotatable bonds is 10. The number of likely N-dealkylation sites (tertiary alicyclic amines) is 1. The molecule has 1 atom stereocenters. The molecule has 0 bridgehead atoms. The second kappa shape index (κ2) is 13.9. The van der Waals surface area contributed by atoms with Crippen LogP contribution in [0.15, 0.2) is 71.8 Å². The lowest BCUT2D eigenvalue weighted by Gasteiger charge is -2.17. The fraction of sp³-hybridized carbons (Fsp3) is 0.226. The third-order valence-electron chi connectivity index (χ3n) is 7.27. The van der Waals surface area contributed by atoms with E-state index in [0.717, 1.165) is 38.5 Å². The van der Waals surface area contributed by atoms with Gasteiger partial charge < -0.3 is 26.2 Å². The van der Waals surface area contributed by atoms with E-state index in [-0.39, 0.29) is 11.6 Å². The molecule has 1 saturated heterocycles. The van der Waals surface area contributed by atoms with Crippen LogP contribution >= 0.6 is 0 Å². The summed E-state index contributed by atoms with van der Waals surface area (Å²) in [6.45, 7) is 3.27. The summed E-state index contributed by atoms with van der Waals surface area (Å²) >= 11 is 0. The summed E-state index contributed by atoms with van der Waals surface area (Å²) in [4.78, 5) is 24.0. The number of hydrogen-bond donors (Lipinski definition) is 5. The van der Waals surface area contributed by atoms with E-state index in [1.807, 2.05) is 5.32 Å². The van der Waals surface area contributed by atoms with E-state index in [1.165, 1.54) is 18.3 Å². The molecule has 6 N–H and O–H groups in total. The van der Waals surface area contributed by atoms with Crippen molar-refractivity contribution in [2.45, 2.75) is 23.9 Å². The molecular weight excluding hydrogens is 643 g/mol. The minimum atomic E-state index is -4.75. The number of benzene rings is 3. The summed E-state index contributed by atoms with van der Waals surface area (Å²) in [5.41, 5.74) is -0.873. The first kappa shape index (κ1) is 33.6. The number of aromatic nitrogens is 2. The monoisotopic (exact) mass is 674 g/mol. The summed E-state index contributed by atoms with van der Waals surface area (Å²) in [6.07, 6.45) is -1.02. The second-order valence-corrected chi connectivity index (χ2v) is 12.7. The highest BCUT2D eigenvalue weighted by Crippen LogP contribution is 2.33. The molecule has 4 aromatic rings. The lowest BCUT2D eigenvalue weighted by molar-refractivity contribution is -0.137. The van der Waals surface area contributed by atoms with Crippen LogP contribution in [-0.2, 0) is 15.9 Å². The van der Waals surface area contributed by atoms with E-state index in [2.05, 4.69) is 36.7 Å². The number of urea groups is 1. The Labute approximate surface area is 267 Å². The Hall–Kier alpha value is -4.80. The van der Waals surface area contributed by atoms with E-state index in [1.54, 1.807) is 24.3 Å². The average molecular weight is 675 g/mol. The van der Waals surface area contributed by atoms with Crippen LogP contribution in [0.1, 0.15) is 18.4 Å². The van der Waals surface area contributed by atoms with Crippen LogP contribution in [-0.4, -0.2) is 57.2 Å².